The van der Waals surface area contributed by atoms with Crippen LogP contribution in [-0.4, -0.2) is 23.6 Å². The summed E-state index contributed by atoms with van der Waals surface area (Å²) in [5, 5.41) is 3.62. The van der Waals surface area contributed by atoms with Crippen molar-refractivity contribution in [2.24, 2.45) is 5.92 Å². The lowest BCUT2D eigenvalue weighted by atomic mass is 10.1. The molecular weight excluding hydrogens is 234 g/mol. The maximum Gasteiger partial charge on any atom is 0.0448 e. The van der Waals surface area contributed by atoms with Gasteiger partial charge in [0.25, 0.3) is 0 Å². The molecule has 2 heterocycles. The molecule has 2 fully saturated rings. The van der Waals surface area contributed by atoms with Crippen molar-refractivity contribution >= 4 is 5.69 Å². The molecule has 1 saturated heterocycles. The van der Waals surface area contributed by atoms with E-state index in [4.69, 9.17) is 0 Å². The zero-order chi connectivity index (χ0) is 13.4. The van der Waals surface area contributed by atoms with Crippen molar-refractivity contribution in [1.29, 1.82) is 0 Å². The van der Waals surface area contributed by atoms with Gasteiger partial charge in [-0.15, -0.1) is 0 Å². The molecule has 3 heteroatoms. The molecule has 104 valence electrons. The fourth-order valence-electron chi connectivity index (χ4n) is 3.15. The third-order valence-electron chi connectivity index (χ3n) is 4.35. The number of rotatable bonds is 4. The Bertz CT molecular complexity index is 453. The van der Waals surface area contributed by atoms with Crippen LogP contribution in [0.5, 0.6) is 0 Å². The van der Waals surface area contributed by atoms with E-state index in [9.17, 15) is 0 Å². The van der Waals surface area contributed by atoms with Crippen molar-refractivity contribution in [3.63, 3.8) is 0 Å². The molecule has 1 aliphatic heterocycles. The van der Waals surface area contributed by atoms with Crippen LogP contribution in [0.15, 0.2) is 12.3 Å². The molecule has 0 bridgehead atoms. The number of nitrogens with zero attached hydrogens (tertiary/aromatic N) is 2. The smallest absolute Gasteiger partial charge is 0.0448 e. The number of nitrogens with one attached hydrogen (secondary N) is 1. The van der Waals surface area contributed by atoms with E-state index < -0.39 is 0 Å². The van der Waals surface area contributed by atoms with Gasteiger partial charge in [-0.2, -0.15) is 0 Å². The van der Waals surface area contributed by atoms with Gasteiger partial charge in [0.2, 0.25) is 0 Å². The fraction of sp³-hybridized carbons (Fsp3) is 0.688. The van der Waals surface area contributed by atoms with Crippen molar-refractivity contribution in [3.8, 4) is 0 Å². The SMILES string of the molecule is Cc1cc(N2CC(C)CC2C)c(CNC2CC2)cn1. The van der Waals surface area contributed by atoms with E-state index in [0.717, 1.165) is 24.2 Å². The van der Waals surface area contributed by atoms with Crippen LogP contribution in [0.2, 0.25) is 0 Å². The van der Waals surface area contributed by atoms with Gasteiger partial charge in [0.1, 0.15) is 0 Å². The monoisotopic (exact) mass is 259 g/mol. The Morgan fingerprint density at radius 1 is 1.37 bits per heavy atom. The normalized spacial score (nSPS) is 27.0. The van der Waals surface area contributed by atoms with Gasteiger partial charge in [-0.1, -0.05) is 6.92 Å². The first-order valence-electron chi connectivity index (χ1n) is 7.59. The van der Waals surface area contributed by atoms with Crippen molar-refractivity contribution in [3.05, 3.63) is 23.5 Å². The number of hydrogen-bond acceptors (Lipinski definition) is 3. The number of aryl methyl sites for hydroxylation is 1. The Morgan fingerprint density at radius 3 is 2.79 bits per heavy atom. The quantitative estimate of drug-likeness (QED) is 0.901. The summed E-state index contributed by atoms with van der Waals surface area (Å²) >= 11 is 0. The molecule has 2 atom stereocenters. The van der Waals surface area contributed by atoms with Crippen LogP contribution in [0.25, 0.3) is 0 Å². The van der Waals surface area contributed by atoms with Gasteiger partial charge >= 0.3 is 0 Å². The fourth-order valence-corrected chi connectivity index (χ4v) is 3.15. The van der Waals surface area contributed by atoms with E-state index in [1.165, 1.54) is 37.1 Å². The van der Waals surface area contributed by atoms with Gasteiger partial charge < -0.3 is 10.2 Å². The molecule has 0 radical (unpaired) electrons. The first-order chi connectivity index (χ1) is 9.13. The predicted molar refractivity (Wildman–Crippen MR) is 79.4 cm³/mol. The summed E-state index contributed by atoms with van der Waals surface area (Å²) in [6.45, 7) is 8.93. The maximum atomic E-state index is 4.49. The van der Waals surface area contributed by atoms with E-state index in [2.05, 4.69) is 48.2 Å². The summed E-state index contributed by atoms with van der Waals surface area (Å²) in [4.78, 5) is 7.06. The lowest BCUT2D eigenvalue weighted by Crippen LogP contribution is -2.29. The van der Waals surface area contributed by atoms with E-state index in [1.807, 2.05) is 0 Å². The molecule has 2 unspecified atom stereocenters. The second-order valence-electron chi connectivity index (χ2n) is 6.45. The second-order valence-corrected chi connectivity index (χ2v) is 6.45. The molecular formula is C16H25N3. The van der Waals surface area contributed by atoms with Gasteiger partial charge in [-0.3, -0.25) is 4.98 Å². The van der Waals surface area contributed by atoms with Gasteiger partial charge in [-0.05, 0) is 45.1 Å². The minimum absolute atomic E-state index is 0.650. The summed E-state index contributed by atoms with van der Waals surface area (Å²) in [6, 6.07) is 3.67. The van der Waals surface area contributed by atoms with Crippen LogP contribution in [0.4, 0.5) is 5.69 Å². The molecule has 0 spiro atoms. The summed E-state index contributed by atoms with van der Waals surface area (Å²) in [5.74, 6) is 0.799. The van der Waals surface area contributed by atoms with E-state index in [0.29, 0.717) is 6.04 Å². The topological polar surface area (TPSA) is 28.2 Å². The lowest BCUT2D eigenvalue weighted by molar-refractivity contribution is 0.625. The van der Waals surface area contributed by atoms with E-state index in [1.54, 1.807) is 0 Å². The summed E-state index contributed by atoms with van der Waals surface area (Å²) in [5.41, 5.74) is 3.88. The van der Waals surface area contributed by atoms with Crippen molar-refractivity contribution in [2.45, 2.75) is 58.7 Å². The highest BCUT2D eigenvalue weighted by molar-refractivity contribution is 5.55. The van der Waals surface area contributed by atoms with Gasteiger partial charge in [-0.25, -0.2) is 0 Å². The van der Waals surface area contributed by atoms with Crippen LogP contribution in [0.1, 0.15) is 44.4 Å². The Balaban J connectivity index is 1.82. The molecule has 1 saturated carbocycles. The molecule has 1 aromatic heterocycles. The number of pyridine rings is 1. The third-order valence-corrected chi connectivity index (χ3v) is 4.35. The molecule has 0 aromatic carbocycles. The summed E-state index contributed by atoms with van der Waals surface area (Å²) in [6.07, 6.45) is 6.05. The van der Waals surface area contributed by atoms with Gasteiger partial charge in [0.15, 0.2) is 0 Å². The number of anilines is 1. The minimum atomic E-state index is 0.650. The standard InChI is InChI=1S/C16H25N3/c1-11-6-13(3)19(10-11)16-7-12(2)17-8-14(16)9-18-15-4-5-15/h7-8,11,13,15,18H,4-6,9-10H2,1-3H3. The Morgan fingerprint density at radius 2 is 2.16 bits per heavy atom. The third kappa shape index (κ3) is 2.92. The van der Waals surface area contributed by atoms with Crippen molar-refractivity contribution < 1.29 is 0 Å². The van der Waals surface area contributed by atoms with Crippen LogP contribution in [-0.2, 0) is 6.54 Å². The van der Waals surface area contributed by atoms with Crippen LogP contribution < -0.4 is 10.2 Å². The molecule has 3 nitrogen and oxygen atoms in total. The van der Waals surface area contributed by atoms with Gasteiger partial charge in [0.05, 0.1) is 0 Å². The first-order valence-corrected chi connectivity index (χ1v) is 7.59. The highest BCUT2D eigenvalue weighted by atomic mass is 15.2. The average Bonchev–Trinajstić information content (AvgIpc) is 3.13. The average molecular weight is 259 g/mol. The van der Waals surface area contributed by atoms with Crippen LogP contribution >= 0.6 is 0 Å². The zero-order valence-electron chi connectivity index (χ0n) is 12.3. The summed E-state index contributed by atoms with van der Waals surface area (Å²) < 4.78 is 0. The van der Waals surface area contributed by atoms with Gasteiger partial charge in [0, 0.05) is 48.3 Å². The lowest BCUT2D eigenvalue weighted by Gasteiger charge is -2.27. The first kappa shape index (κ1) is 12.9. The number of hydrogen-bond donors (Lipinski definition) is 1. The molecule has 1 aromatic rings. The Kier molecular flexibility index (Phi) is 3.48. The van der Waals surface area contributed by atoms with E-state index >= 15 is 0 Å². The summed E-state index contributed by atoms with van der Waals surface area (Å²) in [7, 11) is 0. The van der Waals surface area contributed by atoms with E-state index in [-0.39, 0.29) is 0 Å². The zero-order valence-corrected chi connectivity index (χ0v) is 12.3. The number of aromatic nitrogens is 1. The maximum absolute atomic E-state index is 4.49. The Hall–Kier alpha value is -1.09. The predicted octanol–water partition coefficient (Wildman–Crippen LogP) is 2.88. The minimum Gasteiger partial charge on any atom is -0.368 e. The largest absolute Gasteiger partial charge is 0.368 e. The Labute approximate surface area is 116 Å². The molecule has 2 aliphatic rings. The molecule has 1 aliphatic carbocycles. The van der Waals surface area contributed by atoms with Crippen molar-refractivity contribution in [1.82, 2.24) is 10.3 Å². The van der Waals surface area contributed by atoms with Crippen LogP contribution in [0.3, 0.4) is 0 Å². The molecule has 19 heavy (non-hydrogen) atoms. The second kappa shape index (κ2) is 5.12. The van der Waals surface area contributed by atoms with Crippen LogP contribution in [0, 0.1) is 12.8 Å². The molecule has 3 rings (SSSR count). The highest BCUT2D eigenvalue weighted by Crippen LogP contribution is 2.32. The van der Waals surface area contributed by atoms with Crippen molar-refractivity contribution in [2.75, 3.05) is 11.4 Å². The molecule has 1 N–H and O–H groups in total. The highest BCUT2D eigenvalue weighted by Gasteiger charge is 2.28. The molecule has 0 amide bonds.